The molecular formula is C29H37N9O3. The molecule has 5 rings (SSSR count). The summed E-state index contributed by atoms with van der Waals surface area (Å²) >= 11 is 0. The lowest BCUT2D eigenvalue weighted by molar-refractivity contribution is 0.102. The molecule has 4 aromatic rings. The van der Waals surface area contributed by atoms with E-state index in [0.29, 0.717) is 34.2 Å². The van der Waals surface area contributed by atoms with Crippen LogP contribution < -0.4 is 10.2 Å². The van der Waals surface area contributed by atoms with E-state index in [1.165, 1.54) is 6.20 Å². The number of anilines is 2. The lowest BCUT2D eigenvalue weighted by Gasteiger charge is -2.23. The van der Waals surface area contributed by atoms with E-state index in [2.05, 4.69) is 46.6 Å². The number of ether oxygens (including phenoxy) is 1. The molecule has 0 atom stereocenters. The second-order valence-corrected chi connectivity index (χ2v) is 11.3. The number of pyridine rings is 2. The van der Waals surface area contributed by atoms with Gasteiger partial charge >= 0.3 is 0 Å². The number of nitrogens with one attached hydrogen (secondary N) is 1. The van der Waals surface area contributed by atoms with Crippen LogP contribution >= 0.6 is 0 Å². The molecule has 0 aliphatic carbocycles. The normalized spacial score (nSPS) is 14.7. The van der Waals surface area contributed by atoms with Gasteiger partial charge < -0.3 is 19.5 Å². The van der Waals surface area contributed by atoms with Gasteiger partial charge in [-0.15, -0.1) is 5.10 Å². The highest BCUT2D eigenvalue weighted by atomic mass is 16.5. The zero-order valence-electron chi connectivity index (χ0n) is 24.3. The number of aryl methyl sites for hydroxylation is 1. The molecule has 0 unspecified atom stereocenters. The first-order valence-electron chi connectivity index (χ1n) is 13.8. The van der Waals surface area contributed by atoms with E-state index in [9.17, 15) is 4.79 Å². The van der Waals surface area contributed by atoms with E-state index < -0.39 is 0 Å². The van der Waals surface area contributed by atoms with Crippen LogP contribution in [0.1, 0.15) is 49.0 Å². The van der Waals surface area contributed by atoms with Crippen LogP contribution in [0.25, 0.3) is 16.9 Å². The highest BCUT2D eigenvalue weighted by molar-refractivity contribution is 6.03. The molecule has 1 N–H and O–H groups in total. The van der Waals surface area contributed by atoms with Crippen molar-refractivity contribution in [3.63, 3.8) is 0 Å². The van der Waals surface area contributed by atoms with Crippen LogP contribution in [0.5, 0.6) is 0 Å². The van der Waals surface area contributed by atoms with Crippen LogP contribution in [0.15, 0.2) is 47.5 Å². The average molecular weight is 560 g/mol. The molecule has 1 aliphatic heterocycles. The molecule has 12 heteroatoms. The number of hydrogen-bond acceptors (Lipinski definition) is 10. The number of carbonyl (C=O) groups is 1. The average Bonchev–Trinajstić information content (AvgIpc) is 3.58. The largest absolute Gasteiger partial charge is 0.383 e. The summed E-state index contributed by atoms with van der Waals surface area (Å²) in [7, 11) is 1.74. The minimum absolute atomic E-state index is 0.216. The van der Waals surface area contributed by atoms with Crippen molar-refractivity contribution in [3.8, 4) is 16.9 Å². The number of nitrogens with zero attached hydrogens (tertiary/aromatic N) is 8. The Morgan fingerprint density at radius 3 is 2.73 bits per heavy atom. The zero-order chi connectivity index (χ0) is 29.0. The Morgan fingerprint density at radius 1 is 1.10 bits per heavy atom. The van der Waals surface area contributed by atoms with Crippen molar-refractivity contribution in [3.05, 3.63) is 60.0 Å². The van der Waals surface area contributed by atoms with Gasteiger partial charge in [0.25, 0.3) is 5.91 Å². The van der Waals surface area contributed by atoms with Gasteiger partial charge in [-0.3, -0.25) is 19.7 Å². The summed E-state index contributed by atoms with van der Waals surface area (Å²) in [5, 5.41) is 15.5. The second-order valence-electron chi connectivity index (χ2n) is 11.3. The standard InChI is InChI=1S/C29H37N9O3/c1-20-25(14-22(17-31-20)28(39)32-27-15-26(41-34-27)29(2,3)4)38-19-24(33-35-38)21-13-23(18-30-16-21)37-8-6-7-36(9-10-37)11-12-40-5/h13-19H,6-12H2,1-5H3,(H,32,34,39). The first-order valence-corrected chi connectivity index (χ1v) is 13.8. The lowest BCUT2D eigenvalue weighted by atomic mass is 9.93. The molecular weight excluding hydrogens is 522 g/mol. The van der Waals surface area contributed by atoms with E-state index in [0.717, 1.165) is 57.0 Å². The van der Waals surface area contributed by atoms with E-state index in [4.69, 9.17) is 9.26 Å². The minimum Gasteiger partial charge on any atom is -0.383 e. The van der Waals surface area contributed by atoms with Crippen LogP contribution in [-0.2, 0) is 10.2 Å². The van der Waals surface area contributed by atoms with Gasteiger partial charge in [-0.25, -0.2) is 4.68 Å². The van der Waals surface area contributed by atoms with Gasteiger partial charge in [-0.2, -0.15) is 0 Å². The molecule has 4 aromatic heterocycles. The first-order chi connectivity index (χ1) is 19.7. The van der Waals surface area contributed by atoms with Gasteiger partial charge in [0.1, 0.15) is 11.5 Å². The summed E-state index contributed by atoms with van der Waals surface area (Å²) in [6.45, 7) is 13.5. The quantitative estimate of drug-likeness (QED) is 0.341. The Hall–Kier alpha value is -4.16. The maximum absolute atomic E-state index is 13.0. The molecule has 1 amide bonds. The summed E-state index contributed by atoms with van der Waals surface area (Å²) < 4.78 is 12.3. The van der Waals surface area contributed by atoms with Gasteiger partial charge in [0.2, 0.25) is 0 Å². The SMILES string of the molecule is COCCN1CCCN(c2cncc(-c3cn(-c4cc(C(=O)Nc5cc(C(C)(C)C)on5)cnc4C)nn3)c2)CC1. The topological polar surface area (TPSA) is 127 Å². The molecule has 0 spiro atoms. The molecule has 1 fully saturated rings. The molecule has 5 heterocycles. The molecule has 0 radical (unpaired) electrons. The second kappa shape index (κ2) is 12.1. The minimum atomic E-state index is -0.344. The third-order valence-corrected chi connectivity index (χ3v) is 7.14. The predicted molar refractivity (Wildman–Crippen MR) is 155 cm³/mol. The predicted octanol–water partition coefficient (Wildman–Crippen LogP) is 3.73. The van der Waals surface area contributed by atoms with Gasteiger partial charge in [-0.1, -0.05) is 31.1 Å². The summed E-state index contributed by atoms with van der Waals surface area (Å²) in [5.41, 5.74) is 4.13. The molecule has 0 aromatic carbocycles. The van der Waals surface area contributed by atoms with Crippen LogP contribution in [0.2, 0.25) is 0 Å². The first kappa shape index (κ1) is 28.4. The Morgan fingerprint density at radius 2 is 1.95 bits per heavy atom. The van der Waals surface area contributed by atoms with Crippen molar-refractivity contribution in [2.75, 3.05) is 56.7 Å². The van der Waals surface area contributed by atoms with Crippen LogP contribution in [0, 0.1) is 6.92 Å². The van der Waals surface area contributed by atoms with Crippen molar-refractivity contribution >= 4 is 17.4 Å². The monoisotopic (exact) mass is 559 g/mol. The van der Waals surface area contributed by atoms with Gasteiger partial charge in [0.05, 0.1) is 41.6 Å². The number of hydrogen-bond donors (Lipinski definition) is 1. The number of carbonyl (C=O) groups excluding carboxylic acids is 1. The smallest absolute Gasteiger partial charge is 0.258 e. The number of aromatic nitrogens is 6. The fraction of sp³-hybridized carbons (Fsp3) is 0.448. The van der Waals surface area contributed by atoms with Crippen molar-refractivity contribution in [1.82, 2.24) is 35.0 Å². The molecule has 0 saturated carbocycles. The molecule has 0 bridgehead atoms. The van der Waals surface area contributed by atoms with Crippen molar-refractivity contribution < 1.29 is 14.1 Å². The van der Waals surface area contributed by atoms with E-state index in [1.54, 1.807) is 30.1 Å². The van der Waals surface area contributed by atoms with Gasteiger partial charge in [0.15, 0.2) is 5.82 Å². The summed E-state index contributed by atoms with van der Waals surface area (Å²) in [6, 6.07) is 5.57. The Balaban J connectivity index is 1.31. The Labute approximate surface area is 239 Å². The van der Waals surface area contributed by atoms with E-state index in [-0.39, 0.29) is 11.3 Å². The number of rotatable bonds is 8. The third kappa shape index (κ3) is 6.77. The zero-order valence-corrected chi connectivity index (χ0v) is 24.3. The summed E-state index contributed by atoms with van der Waals surface area (Å²) in [4.78, 5) is 26.7. The maximum Gasteiger partial charge on any atom is 0.258 e. The molecule has 12 nitrogen and oxygen atoms in total. The van der Waals surface area contributed by atoms with E-state index in [1.807, 2.05) is 40.1 Å². The third-order valence-electron chi connectivity index (χ3n) is 7.14. The van der Waals surface area contributed by atoms with Gasteiger partial charge in [0, 0.05) is 62.7 Å². The highest BCUT2D eigenvalue weighted by Crippen LogP contribution is 2.26. The molecule has 1 aliphatic rings. The van der Waals surface area contributed by atoms with Crippen molar-refractivity contribution in [2.24, 2.45) is 0 Å². The highest BCUT2D eigenvalue weighted by Gasteiger charge is 2.21. The summed E-state index contributed by atoms with van der Waals surface area (Å²) in [6.07, 6.45) is 8.12. The molecule has 41 heavy (non-hydrogen) atoms. The van der Waals surface area contributed by atoms with Crippen LogP contribution in [-0.4, -0.2) is 87.4 Å². The van der Waals surface area contributed by atoms with Crippen molar-refractivity contribution in [1.29, 1.82) is 0 Å². The fourth-order valence-corrected chi connectivity index (χ4v) is 4.68. The summed E-state index contributed by atoms with van der Waals surface area (Å²) in [5.74, 6) is 0.691. The number of amides is 1. The fourth-order valence-electron chi connectivity index (χ4n) is 4.68. The Bertz CT molecular complexity index is 1490. The number of methoxy groups -OCH3 is 1. The van der Waals surface area contributed by atoms with Crippen molar-refractivity contribution in [2.45, 2.75) is 39.5 Å². The Kier molecular flexibility index (Phi) is 8.41. The van der Waals surface area contributed by atoms with E-state index >= 15 is 0 Å². The van der Waals surface area contributed by atoms with Crippen LogP contribution in [0.3, 0.4) is 0 Å². The molecule has 1 saturated heterocycles. The maximum atomic E-state index is 13.0. The lowest BCUT2D eigenvalue weighted by Crippen LogP contribution is -2.32. The van der Waals surface area contributed by atoms with Gasteiger partial charge in [-0.05, 0) is 32.0 Å². The van der Waals surface area contributed by atoms with Crippen LogP contribution in [0.4, 0.5) is 11.5 Å². The molecule has 216 valence electrons.